The minimum Gasteiger partial charge on any atom is -0.464 e. The van der Waals surface area contributed by atoms with E-state index in [2.05, 4.69) is 158 Å². The Morgan fingerprint density at radius 2 is 1.10 bits per heavy atom. The molecular formula is C48H47NO3. The smallest absolute Gasteiger partial charge is 0.199 e. The van der Waals surface area contributed by atoms with Gasteiger partial charge in [0.25, 0.3) is 0 Å². The van der Waals surface area contributed by atoms with E-state index in [0.717, 1.165) is 85.6 Å². The standard InChI is InChI=1S/C48H47NO3/c1-49(34-37-22-8-9-23-38(37)42-27-16-25-39(35-18-4-2-5-19-35)47(42)45-30-12-14-32-50-45)44-29-11-10-24-41(44)43-28-17-26-40(36-20-6-3-7-21-36)48(43)52-46-31-13-15-33-51-46/h2-11,16-29,45-46H,12-15,30-34H2,1H3. The Kier molecular flexibility index (Phi) is 10.5. The minimum absolute atomic E-state index is 0.0649. The maximum Gasteiger partial charge on any atom is 0.199 e. The molecule has 8 rings (SSSR count). The highest BCUT2D eigenvalue weighted by Crippen LogP contribution is 2.45. The maximum absolute atomic E-state index is 6.82. The second kappa shape index (κ2) is 16.0. The lowest BCUT2D eigenvalue weighted by atomic mass is 9.85. The predicted molar refractivity (Wildman–Crippen MR) is 213 cm³/mol. The van der Waals surface area contributed by atoms with Gasteiger partial charge in [0.05, 0.1) is 12.7 Å². The summed E-state index contributed by atoms with van der Waals surface area (Å²) in [6.45, 7) is 2.27. The van der Waals surface area contributed by atoms with Gasteiger partial charge in [-0.25, -0.2) is 0 Å². The molecule has 2 saturated heterocycles. The van der Waals surface area contributed by atoms with E-state index >= 15 is 0 Å². The van der Waals surface area contributed by atoms with Crippen molar-refractivity contribution in [2.24, 2.45) is 0 Å². The highest BCUT2D eigenvalue weighted by atomic mass is 16.7. The fourth-order valence-corrected chi connectivity index (χ4v) is 7.94. The molecule has 2 aliphatic rings. The van der Waals surface area contributed by atoms with E-state index in [1.54, 1.807) is 0 Å². The molecule has 2 aliphatic heterocycles. The number of para-hydroxylation sites is 2. The summed E-state index contributed by atoms with van der Waals surface area (Å²) in [4.78, 5) is 2.38. The Hall–Kier alpha value is -5.16. The summed E-state index contributed by atoms with van der Waals surface area (Å²) in [5, 5.41) is 0. The third kappa shape index (κ3) is 7.27. The zero-order valence-corrected chi connectivity index (χ0v) is 30.0. The summed E-state index contributed by atoms with van der Waals surface area (Å²) in [5.41, 5.74) is 13.1. The van der Waals surface area contributed by atoms with Gasteiger partial charge >= 0.3 is 0 Å². The molecule has 2 heterocycles. The molecule has 2 atom stereocenters. The molecule has 0 saturated carbocycles. The average Bonchev–Trinajstić information content (AvgIpc) is 3.22. The summed E-state index contributed by atoms with van der Waals surface area (Å²) in [6, 6.07) is 52.2. The van der Waals surface area contributed by atoms with Gasteiger partial charge in [-0.2, -0.15) is 0 Å². The van der Waals surface area contributed by atoms with Crippen LogP contribution in [0.25, 0.3) is 44.5 Å². The highest BCUT2D eigenvalue weighted by Gasteiger charge is 2.26. The van der Waals surface area contributed by atoms with Crippen LogP contribution >= 0.6 is 0 Å². The van der Waals surface area contributed by atoms with Gasteiger partial charge in [0.2, 0.25) is 0 Å². The molecule has 4 heteroatoms. The van der Waals surface area contributed by atoms with Crippen LogP contribution in [0.3, 0.4) is 0 Å². The van der Waals surface area contributed by atoms with Crippen LogP contribution in [-0.2, 0) is 16.0 Å². The van der Waals surface area contributed by atoms with Crippen molar-refractivity contribution in [2.75, 3.05) is 25.2 Å². The van der Waals surface area contributed by atoms with Crippen LogP contribution in [0.2, 0.25) is 0 Å². The van der Waals surface area contributed by atoms with E-state index in [0.29, 0.717) is 0 Å². The molecular weight excluding hydrogens is 639 g/mol. The van der Waals surface area contributed by atoms with Crippen LogP contribution in [0, 0.1) is 0 Å². The number of rotatable bonds is 10. The van der Waals surface area contributed by atoms with Gasteiger partial charge in [-0.1, -0.05) is 140 Å². The number of anilines is 1. The first kappa shape index (κ1) is 34.0. The first-order valence-electron chi connectivity index (χ1n) is 18.9. The molecule has 0 bridgehead atoms. The van der Waals surface area contributed by atoms with Gasteiger partial charge in [0.15, 0.2) is 6.29 Å². The van der Waals surface area contributed by atoms with Crippen LogP contribution in [0.15, 0.2) is 146 Å². The van der Waals surface area contributed by atoms with Crippen molar-refractivity contribution in [3.05, 3.63) is 157 Å². The topological polar surface area (TPSA) is 30.9 Å². The first-order valence-corrected chi connectivity index (χ1v) is 18.9. The Labute approximate surface area is 308 Å². The third-order valence-electron chi connectivity index (χ3n) is 10.5. The molecule has 4 nitrogen and oxygen atoms in total. The van der Waals surface area contributed by atoms with E-state index in [9.17, 15) is 0 Å². The second-order valence-electron chi connectivity index (χ2n) is 14.0. The van der Waals surface area contributed by atoms with E-state index in [1.807, 2.05) is 0 Å². The molecule has 2 unspecified atom stereocenters. The highest BCUT2D eigenvalue weighted by molar-refractivity contribution is 5.88. The van der Waals surface area contributed by atoms with Gasteiger partial charge in [0, 0.05) is 49.0 Å². The third-order valence-corrected chi connectivity index (χ3v) is 10.5. The van der Waals surface area contributed by atoms with Crippen LogP contribution in [0.5, 0.6) is 5.75 Å². The molecule has 0 N–H and O–H groups in total. The van der Waals surface area contributed by atoms with Crippen molar-refractivity contribution in [1.82, 2.24) is 0 Å². The monoisotopic (exact) mass is 685 g/mol. The average molecular weight is 686 g/mol. The van der Waals surface area contributed by atoms with E-state index < -0.39 is 0 Å². The summed E-state index contributed by atoms with van der Waals surface area (Å²) < 4.78 is 19.5. The second-order valence-corrected chi connectivity index (χ2v) is 14.0. The molecule has 0 aromatic heterocycles. The SMILES string of the molecule is CN(Cc1ccccc1-c1cccc(-c2ccccc2)c1C1CCCCO1)c1ccccc1-c1cccc(-c2ccccc2)c1OC1CCCCO1. The summed E-state index contributed by atoms with van der Waals surface area (Å²) in [5.74, 6) is 0.872. The largest absolute Gasteiger partial charge is 0.464 e. The summed E-state index contributed by atoms with van der Waals surface area (Å²) >= 11 is 0. The van der Waals surface area contributed by atoms with Crippen molar-refractivity contribution in [3.8, 4) is 50.3 Å². The van der Waals surface area contributed by atoms with Gasteiger partial charge in [-0.05, 0) is 77.1 Å². The van der Waals surface area contributed by atoms with E-state index in [-0.39, 0.29) is 12.4 Å². The normalized spacial score (nSPS) is 17.4. The molecule has 6 aromatic rings. The zero-order chi connectivity index (χ0) is 35.1. The Morgan fingerprint density at radius 1 is 0.519 bits per heavy atom. The van der Waals surface area contributed by atoms with Gasteiger partial charge in [-0.15, -0.1) is 0 Å². The van der Waals surface area contributed by atoms with Crippen LogP contribution < -0.4 is 9.64 Å². The Bertz CT molecular complexity index is 2080. The number of benzene rings is 6. The molecule has 2 fully saturated rings. The van der Waals surface area contributed by atoms with Crippen molar-refractivity contribution >= 4 is 5.69 Å². The van der Waals surface area contributed by atoms with Crippen LogP contribution in [-0.4, -0.2) is 26.6 Å². The minimum atomic E-state index is -0.261. The number of hydrogen-bond donors (Lipinski definition) is 0. The number of nitrogens with zero attached hydrogens (tertiary/aromatic N) is 1. The molecule has 52 heavy (non-hydrogen) atoms. The quantitative estimate of drug-likeness (QED) is 0.144. The van der Waals surface area contributed by atoms with Gasteiger partial charge in [-0.3, -0.25) is 0 Å². The molecule has 0 amide bonds. The Balaban J connectivity index is 1.19. The zero-order valence-electron chi connectivity index (χ0n) is 30.0. The fraction of sp³-hybridized carbons (Fsp3) is 0.250. The lowest BCUT2D eigenvalue weighted by Crippen LogP contribution is -2.25. The molecule has 0 radical (unpaired) electrons. The van der Waals surface area contributed by atoms with Gasteiger partial charge < -0.3 is 19.1 Å². The molecule has 262 valence electrons. The lowest BCUT2D eigenvalue weighted by molar-refractivity contribution is -0.105. The Morgan fingerprint density at radius 3 is 1.81 bits per heavy atom. The summed E-state index contributed by atoms with van der Waals surface area (Å²) in [7, 11) is 2.20. The number of hydrogen-bond acceptors (Lipinski definition) is 4. The lowest BCUT2D eigenvalue weighted by Gasteiger charge is -2.29. The predicted octanol–water partition coefficient (Wildman–Crippen LogP) is 12.1. The van der Waals surface area contributed by atoms with Gasteiger partial charge in [0.1, 0.15) is 5.75 Å². The van der Waals surface area contributed by atoms with E-state index in [1.165, 1.54) is 39.8 Å². The van der Waals surface area contributed by atoms with Crippen LogP contribution in [0.1, 0.15) is 55.8 Å². The fourth-order valence-electron chi connectivity index (χ4n) is 7.94. The molecule has 0 spiro atoms. The number of ether oxygens (including phenoxy) is 3. The molecule has 0 aliphatic carbocycles. The van der Waals surface area contributed by atoms with Crippen LogP contribution in [0.4, 0.5) is 5.69 Å². The van der Waals surface area contributed by atoms with E-state index in [4.69, 9.17) is 14.2 Å². The first-order chi connectivity index (χ1) is 25.7. The van der Waals surface area contributed by atoms with Crippen molar-refractivity contribution < 1.29 is 14.2 Å². The molecule has 6 aromatic carbocycles. The maximum atomic E-state index is 6.82. The van der Waals surface area contributed by atoms with Crippen molar-refractivity contribution in [2.45, 2.75) is 57.5 Å². The summed E-state index contributed by atoms with van der Waals surface area (Å²) in [6.07, 6.45) is 6.21. The van der Waals surface area contributed by atoms with Crippen molar-refractivity contribution in [3.63, 3.8) is 0 Å². The van der Waals surface area contributed by atoms with Crippen molar-refractivity contribution in [1.29, 1.82) is 0 Å².